The van der Waals surface area contributed by atoms with E-state index in [1.165, 1.54) is 0 Å². The third-order valence-electron chi connectivity index (χ3n) is 2.89. The zero-order valence-corrected chi connectivity index (χ0v) is 9.03. The van der Waals surface area contributed by atoms with Gasteiger partial charge in [-0.3, -0.25) is 9.48 Å². The number of carbonyl (C=O) groups is 1. The first-order valence-electron chi connectivity index (χ1n) is 5.18. The van der Waals surface area contributed by atoms with Crippen LogP contribution in [0.4, 0.5) is 0 Å². The number of hydrogen-bond acceptors (Lipinski definition) is 3. The third-order valence-corrected chi connectivity index (χ3v) is 2.89. The molecule has 2 unspecified atom stereocenters. The number of nitrogens with zero attached hydrogens (tertiary/aromatic N) is 2. The minimum Gasteiger partial charge on any atom is -0.346 e. The van der Waals surface area contributed by atoms with Gasteiger partial charge in [0.2, 0.25) is 0 Å². The Hall–Kier alpha value is -1.36. The molecule has 1 fully saturated rings. The van der Waals surface area contributed by atoms with Crippen LogP contribution in [0.25, 0.3) is 0 Å². The Balaban J connectivity index is 2.01. The van der Waals surface area contributed by atoms with E-state index in [2.05, 4.69) is 22.7 Å². The molecular formula is C10H16N4O. The van der Waals surface area contributed by atoms with E-state index in [0.717, 1.165) is 13.1 Å². The molecule has 0 spiro atoms. The number of nitrogens with one attached hydrogen (secondary N) is 2. The minimum atomic E-state index is -0.0458. The average Bonchev–Trinajstić information content (AvgIpc) is 2.76. The quantitative estimate of drug-likeness (QED) is 0.705. The van der Waals surface area contributed by atoms with Crippen LogP contribution >= 0.6 is 0 Å². The molecule has 5 nitrogen and oxygen atoms in total. The van der Waals surface area contributed by atoms with Gasteiger partial charge in [-0.1, -0.05) is 6.92 Å². The molecule has 1 aromatic heterocycles. The summed E-state index contributed by atoms with van der Waals surface area (Å²) in [6.07, 6.45) is 1.63. The average molecular weight is 208 g/mol. The summed E-state index contributed by atoms with van der Waals surface area (Å²) in [6, 6.07) is 1.95. The van der Waals surface area contributed by atoms with Crippen LogP contribution in [0.2, 0.25) is 0 Å². The zero-order valence-electron chi connectivity index (χ0n) is 9.03. The van der Waals surface area contributed by atoms with Gasteiger partial charge in [-0.25, -0.2) is 0 Å². The monoisotopic (exact) mass is 208 g/mol. The van der Waals surface area contributed by atoms with Gasteiger partial charge in [0, 0.05) is 25.8 Å². The predicted molar refractivity (Wildman–Crippen MR) is 56.5 cm³/mol. The standard InChI is InChI=1S/C10H16N4O/c1-7-5-11-6-8(7)13-10(15)9-3-4-12-14(9)2/h3-4,7-8,11H,5-6H2,1-2H3,(H,13,15). The van der Waals surface area contributed by atoms with Gasteiger partial charge in [-0.05, 0) is 18.5 Å². The summed E-state index contributed by atoms with van der Waals surface area (Å²) in [5.41, 5.74) is 0.606. The van der Waals surface area contributed by atoms with Crippen molar-refractivity contribution >= 4 is 5.91 Å². The predicted octanol–water partition coefficient (Wildman–Crippen LogP) is -0.242. The summed E-state index contributed by atoms with van der Waals surface area (Å²) in [5, 5.41) is 10.2. The van der Waals surface area contributed by atoms with Crippen molar-refractivity contribution < 1.29 is 4.79 Å². The van der Waals surface area contributed by atoms with Crippen molar-refractivity contribution in [2.75, 3.05) is 13.1 Å². The van der Waals surface area contributed by atoms with Gasteiger partial charge in [0.05, 0.1) is 0 Å². The molecule has 1 aromatic rings. The summed E-state index contributed by atoms with van der Waals surface area (Å²) in [7, 11) is 1.77. The van der Waals surface area contributed by atoms with E-state index in [0.29, 0.717) is 11.6 Å². The van der Waals surface area contributed by atoms with Gasteiger partial charge in [-0.2, -0.15) is 5.10 Å². The van der Waals surface area contributed by atoms with Crippen molar-refractivity contribution in [2.24, 2.45) is 13.0 Å². The molecule has 0 aromatic carbocycles. The van der Waals surface area contributed by atoms with Gasteiger partial charge in [-0.15, -0.1) is 0 Å². The molecular weight excluding hydrogens is 192 g/mol. The second kappa shape index (κ2) is 4.02. The Morgan fingerprint density at radius 3 is 3.00 bits per heavy atom. The minimum absolute atomic E-state index is 0.0458. The van der Waals surface area contributed by atoms with E-state index >= 15 is 0 Å². The molecule has 0 bridgehead atoms. The topological polar surface area (TPSA) is 58.9 Å². The first-order chi connectivity index (χ1) is 7.18. The lowest BCUT2D eigenvalue weighted by Crippen LogP contribution is -2.40. The molecule has 2 rings (SSSR count). The van der Waals surface area contributed by atoms with Crippen molar-refractivity contribution in [3.63, 3.8) is 0 Å². The molecule has 2 N–H and O–H groups in total. The maximum absolute atomic E-state index is 11.8. The number of hydrogen-bond donors (Lipinski definition) is 2. The number of aryl methyl sites for hydroxylation is 1. The highest BCUT2D eigenvalue weighted by Gasteiger charge is 2.25. The second-order valence-electron chi connectivity index (χ2n) is 4.06. The van der Waals surface area contributed by atoms with E-state index in [-0.39, 0.29) is 11.9 Å². The maximum Gasteiger partial charge on any atom is 0.269 e. The van der Waals surface area contributed by atoms with E-state index in [1.54, 1.807) is 24.0 Å². The largest absolute Gasteiger partial charge is 0.346 e. The van der Waals surface area contributed by atoms with Crippen molar-refractivity contribution in [2.45, 2.75) is 13.0 Å². The van der Waals surface area contributed by atoms with Crippen molar-refractivity contribution in [3.8, 4) is 0 Å². The number of aromatic nitrogens is 2. The Morgan fingerprint density at radius 1 is 1.67 bits per heavy atom. The van der Waals surface area contributed by atoms with Gasteiger partial charge < -0.3 is 10.6 Å². The van der Waals surface area contributed by atoms with Crippen LogP contribution < -0.4 is 10.6 Å². The Kier molecular flexibility index (Phi) is 2.73. The van der Waals surface area contributed by atoms with E-state index in [9.17, 15) is 4.79 Å². The summed E-state index contributed by atoms with van der Waals surface area (Å²) >= 11 is 0. The van der Waals surface area contributed by atoms with Crippen LogP contribution in [0.1, 0.15) is 17.4 Å². The Morgan fingerprint density at radius 2 is 2.47 bits per heavy atom. The first-order valence-corrected chi connectivity index (χ1v) is 5.18. The van der Waals surface area contributed by atoms with Gasteiger partial charge >= 0.3 is 0 Å². The lowest BCUT2D eigenvalue weighted by Gasteiger charge is -2.15. The van der Waals surface area contributed by atoms with Crippen LogP contribution in [0.5, 0.6) is 0 Å². The number of amides is 1. The fraction of sp³-hybridized carbons (Fsp3) is 0.600. The second-order valence-corrected chi connectivity index (χ2v) is 4.06. The normalized spacial score (nSPS) is 25.5. The van der Waals surface area contributed by atoms with Gasteiger partial charge in [0.1, 0.15) is 5.69 Å². The smallest absolute Gasteiger partial charge is 0.269 e. The van der Waals surface area contributed by atoms with Crippen molar-refractivity contribution in [1.82, 2.24) is 20.4 Å². The molecule has 5 heteroatoms. The highest BCUT2D eigenvalue weighted by molar-refractivity contribution is 5.92. The lowest BCUT2D eigenvalue weighted by molar-refractivity contribution is 0.0923. The fourth-order valence-corrected chi connectivity index (χ4v) is 1.84. The van der Waals surface area contributed by atoms with Crippen LogP contribution in [-0.4, -0.2) is 34.8 Å². The highest BCUT2D eigenvalue weighted by atomic mass is 16.2. The maximum atomic E-state index is 11.8. The fourth-order valence-electron chi connectivity index (χ4n) is 1.84. The number of rotatable bonds is 2. The van der Waals surface area contributed by atoms with Crippen molar-refractivity contribution in [3.05, 3.63) is 18.0 Å². The first kappa shape index (κ1) is 10.2. The molecule has 1 aliphatic heterocycles. The molecule has 1 aliphatic rings. The molecule has 1 amide bonds. The molecule has 82 valence electrons. The van der Waals surface area contributed by atoms with Crippen LogP contribution in [0, 0.1) is 5.92 Å². The van der Waals surface area contributed by atoms with E-state index in [4.69, 9.17) is 0 Å². The summed E-state index contributed by atoms with van der Waals surface area (Å²) < 4.78 is 1.59. The zero-order chi connectivity index (χ0) is 10.8. The molecule has 2 heterocycles. The van der Waals surface area contributed by atoms with Crippen LogP contribution in [-0.2, 0) is 7.05 Å². The molecule has 0 saturated carbocycles. The SMILES string of the molecule is CC1CNCC1NC(=O)c1ccnn1C. The summed E-state index contributed by atoms with van der Waals surface area (Å²) in [6.45, 7) is 3.95. The Bertz CT molecular complexity index is 360. The van der Waals surface area contributed by atoms with Gasteiger partial charge in [0.15, 0.2) is 0 Å². The third kappa shape index (κ3) is 2.02. The van der Waals surface area contributed by atoms with Crippen molar-refractivity contribution in [1.29, 1.82) is 0 Å². The molecule has 2 atom stereocenters. The Labute approximate surface area is 88.8 Å². The lowest BCUT2D eigenvalue weighted by atomic mass is 10.1. The molecule has 1 saturated heterocycles. The molecule has 15 heavy (non-hydrogen) atoms. The van der Waals surface area contributed by atoms with Crippen LogP contribution in [0.15, 0.2) is 12.3 Å². The molecule has 0 aliphatic carbocycles. The van der Waals surface area contributed by atoms with E-state index in [1.807, 2.05) is 0 Å². The molecule has 0 radical (unpaired) electrons. The highest BCUT2D eigenvalue weighted by Crippen LogP contribution is 2.08. The van der Waals surface area contributed by atoms with Crippen LogP contribution in [0.3, 0.4) is 0 Å². The summed E-state index contributed by atoms with van der Waals surface area (Å²) in [4.78, 5) is 11.8. The van der Waals surface area contributed by atoms with E-state index < -0.39 is 0 Å². The summed E-state index contributed by atoms with van der Waals surface area (Å²) in [5.74, 6) is 0.442. The number of carbonyl (C=O) groups excluding carboxylic acids is 1. The van der Waals surface area contributed by atoms with Gasteiger partial charge in [0.25, 0.3) is 5.91 Å².